The van der Waals surface area contributed by atoms with Gasteiger partial charge in [-0.05, 0) is 0 Å². The molecule has 0 aliphatic carbocycles. The van der Waals surface area contributed by atoms with Gasteiger partial charge in [0.2, 0.25) is 5.82 Å². The number of hydrogen-bond acceptors (Lipinski definition) is 4. The molecule has 0 bridgehead atoms. The second kappa shape index (κ2) is 4.47. The maximum absolute atomic E-state index is 11.9. The van der Waals surface area contributed by atoms with Gasteiger partial charge in [-0.2, -0.15) is 18.2 Å². The standard InChI is InChI=1S/C10H6F3N3O2/c11-10(12,13)15-8(17)9-14-7(16-18-9)6-4-2-1-3-5-6/h1-5H,(H,15,17). The van der Waals surface area contributed by atoms with Crippen LogP contribution in [0.4, 0.5) is 13.2 Å². The fourth-order valence-electron chi connectivity index (χ4n) is 1.20. The summed E-state index contributed by atoms with van der Waals surface area (Å²) in [5.41, 5.74) is 0.535. The predicted octanol–water partition coefficient (Wildman–Crippen LogP) is 1.99. The molecule has 0 fully saturated rings. The highest BCUT2D eigenvalue weighted by Gasteiger charge is 2.32. The van der Waals surface area contributed by atoms with Gasteiger partial charge in [-0.25, -0.2) is 0 Å². The number of halogens is 3. The van der Waals surface area contributed by atoms with E-state index in [4.69, 9.17) is 0 Å². The summed E-state index contributed by atoms with van der Waals surface area (Å²) in [5.74, 6) is -2.19. The Morgan fingerprint density at radius 2 is 1.89 bits per heavy atom. The van der Waals surface area contributed by atoms with Gasteiger partial charge in [-0.1, -0.05) is 35.5 Å². The zero-order valence-corrected chi connectivity index (χ0v) is 8.73. The van der Waals surface area contributed by atoms with Crippen LogP contribution in [0.15, 0.2) is 34.9 Å². The smallest absolute Gasteiger partial charge is 0.328 e. The Bertz CT molecular complexity index is 551. The van der Waals surface area contributed by atoms with Crippen molar-refractivity contribution in [3.05, 3.63) is 36.2 Å². The van der Waals surface area contributed by atoms with E-state index in [1.165, 1.54) is 0 Å². The monoisotopic (exact) mass is 257 g/mol. The fraction of sp³-hybridized carbons (Fsp3) is 0.100. The Hall–Kier alpha value is -2.38. The Labute approximate surface area is 98.6 Å². The highest BCUT2D eigenvalue weighted by atomic mass is 19.4. The van der Waals surface area contributed by atoms with Crippen molar-refractivity contribution in [3.8, 4) is 11.4 Å². The quantitative estimate of drug-likeness (QED) is 0.835. The summed E-state index contributed by atoms with van der Waals surface area (Å²) in [4.78, 5) is 14.7. The Balaban J connectivity index is 2.19. The molecule has 0 aliphatic rings. The molecule has 1 amide bonds. The number of carbonyl (C=O) groups excluding carboxylic acids is 1. The largest absolute Gasteiger partial charge is 0.484 e. The van der Waals surface area contributed by atoms with Crippen LogP contribution in [0.2, 0.25) is 0 Å². The third-order valence-corrected chi connectivity index (χ3v) is 1.91. The van der Waals surface area contributed by atoms with E-state index in [2.05, 4.69) is 14.7 Å². The number of amides is 1. The normalized spacial score (nSPS) is 11.3. The first-order valence-electron chi connectivity index (χ1n) is 4.74. The van der Waals surface area contributed by atoms with Crippen LogP contribution in [0.1, 0.15) is 10.7 Å². The van der Waals surface area contributed by atoms with Crippen molar-refractivity contribution in [2.45, 2.75) is 6.30 Å². The maximum atomic E-state index is 11.9. The van der Waals surface area contributed by atoms with Crippen LogP contribution in [0.5, 0.6) is 0 Å². The number of benzene rings is 1. The van der Waals surface area contributed by atoms with Crippen LogP contribution in [-0.4, -0.2) is 22.3 Å². The molecule has 2 aromatic rings. The van der Waals surface area contributed by atoms with E-state index in [0.29, 0.717) is 5.56 Å². The summed E-state index contributed by atoms with van der Waals surface area (Å²) in [6.45, 7) is 0. The fourth-order valence-corrected chi connectivity index (χ4v) is 1.20. The van der Waals surface area contributed by atoms with E-state index in [9.17, 15) is 18.0 Å². The van der Waals surface area contributed by atoms with E-state index in [1.54, 1.807) is 30.3 Å². The molecule has 8 heteroatoms. The first-order valence-corrected chi connectivity index (χ1v) is 4.74. The lowest BCUT2D eigenvalue weighted by Crippen LogP contribution is -2.37. The molecule has 1 N–H and O–H groups in total. The molecular weight excluding hydrogens is 251 g/mol. The SMILES string of the molecule is O=C(NC(F)(F)F)c1nc(-c2ccccc2)no1. The van der Waals surface area contributed by atoms with Gasteiger partial charge in [0.05, 0.1) is 0 Å². The van der Waals surface area contributed by atoms with E-state index in [1.807, 2.05) is 0 Å². The molecule has 1 aromatic carbocycles. The summed E-state index contributed by atoms with van der Waals surface area (Å²) >= 11 is 0. The minimum Gasteiger partial charge on any atom is -0.328 e. The minimum absolute atomic E-state index is 0.0444. The zero-order chi connectivity index (χ0) is 13.2. The van der Waals surface area contributed by atoms with Crippen molar-refractivity contribution in [2.75, 3.05) is 0 Å². The number of nitrogens with zero attached hydrogens (tertiary/aromatic N) is 2. The summed E-state index contributed by atoms with van der Waals surface area (Å²) in [6.07, 6.45) is -4.83. The number of carbonyl (C=O) groups is 1. The maximum Gasteiger partial charge on any atom is 0.484 e. The highest BCUT2D eigenvalue weighted by molar-refractivity contribution is 5.90. The first kappa shape index (κ1) is 12.1. The summed E-state index contributed by atoms with van der Waals surface area (Å²) < 4.78 is 40.2. The van der Waals surface area contributed by atoms with E-state index in [0.717, 1.165) is 5.32 Å². The Morgan fingerprint density at radius 3 is 2.50 bits per heavy atom. The van der Waals surface area contributed by atoms with Crippen LogP contribution in [0, 0.1) is 0 Å². The molecule has 0 saturated heterocycles. The third-order valence-electron chi connectivity index (χ3n) is 1.91. The van der Waals surface area contributed by atoms with Crippen LogP contribution in [-0.2, 0) is 0 Å². The van der Waals surface area contributed by atoms with Crippen LogP contribution < -0.4 is 5.32 Å². The number of aromatic nitrogens is 2. The van der Waals surface area contributed by atoms with Crippen molar-refractivity contribution in [1.82, 2.24) is 15.5 Å². The second-order valence-corrected chi connectivity index (χ2v) is 3.24. The summed E-state index contributed by atoms with van der Waals surface area (Å²) in [6, 6.07) is 8.41. The number of nitrogens with one attached hydrogen (secondary N) is 1. The van der Waals surface area contributed by atoms with Crippen LogP contribution in [0.25, 0.3) is 11.4 Å². The van der Waals surface area contributed by atoms with Gasteiger partial charge in [0.1, 0.15) is 0 Å². The van der Waals surface area contributed by atoms with Crippen molar-refractivity contribution < 1.29 is 22.5 Å². The predicted molar refractivity (Wildman–Crippen MR) is 53.3 cm³/mol. The lowest BCUT2D eigenvalue weighted by Gasteiger charge is -2.04. The molecule has 0 atom stereocenters. The molecule has 0 aliphatic heterocycles. The molecule has 1 aromatic heterocycles. The second-order valence-electron chi connectivity index (χ2n) is 3.24. The lowest BCUT2D eigenvalue weighted by atomic mass is 10.2. The minimum atomic E-state index is -4.83. The average Bonchev–Trinajstić information content (AvgIpc) is 2.77. The van der Waals surface area contributed by atoms with Crippen molar-refractivity contribution >= 4 is 5.91 Å². The topological polar surface area (TPSA) is 68.0 Å². The van der Waals surface area contributed by atoms with Gasteiger partial charge >= 0.3 is 18.1 Å². The number of rotatable bonds is 2. The molecule has 18 heavy (non-hydrogen) atoms. The van der Waals surface area contributed by atoms with Crippen molar-refractivity contribution in [1.29, 1.82) is 0 Å². The Morgan fingerprint density at radius 1 is 1.22 bits per heavy atom. The van der Waals surface area contributed by atoms with E-state index >= 15 is 0 Å². The summed E-state index contributed by atoms with van der Waals surface area (Å²) in [5, 5.41) is 4.19. The molecule has 0 unspecified atom stereocenters. The first-order chi connectivity index (χ1) is 8.46. The van der Waals surface area contributed by atoms with Gasteiger partial charge in [-0.15, -0.1) is 0 Å². The molecule has 0 saturated carbocycles. The van der Waals surface area contributed by atoms with E-state index in [-0.39, 0.29) is 5.82 Å². The van der Waals surface area contributed by atoms with Gasteiger partial charge in [-0.3, -0.25) is 10.1 Å². The molecular formula is C10H6F3N3O2. The summed E-state index contributed by atoms with van der Waals surface area (Å²) in [7, 11) is 0. The molecule has 1 heterocycles. The molecule has 0 spiro atoms. The molecule has 0 radical (unpaired) electrons. The highest BCUT2D eigenvalue weighted by Crippen LogP contribution is 2.16. The van der Waals surface area contributed by atoms with Gasteiger partial charge in [0.15, 0.2) is 0 Å². The van der Waals surface area contributed by atoms with Gasteiger partial charge in [0.25, 0.3) is 0 Å². The molecule has 5 nitrogen and oxygen atoms in total. The molecule has 94 valence electrons. The zero-order valence-electron chi connectivity index (χ0n) is 8.73. The number of alkyl halides is 3. The lowest BCUT2D eigenvalue weighted by molar-refractivity contribution is -0.147. The van der Waals surface area contributed by atoms with Crippen LogP contribution >= 0.6 is 0 Å². The van der Waals surface area contributed by atoms with Crippen molar-refractivity contribution in [3.63, 3.8) is 0 Å². The van der Waals surface area contributed by atoms with Gasteiger partial charge in [0, 0.05) is 5.56 Å². The third kappa shape index (κ3) is 2.84. The van der Waals surface area contributed by atoms with Crippen molar-refractivity contribution in [2.24, 2.45) is 0 Å². The molecule has 2 rings (SSSR count). The van der Waals surface area contributed by atoms with E-state index < -0.39 is 18.1 Å². The number of hydrogen-bond donors (Lipinski definition) is 1. The van der Waals surface area contributed by atoms with Crippen LogP contribution in [0.3, 0.4) is 0 Å². The Kier molecular flexibility index (Phi) is 3.00. The van der Waals surface area contributed by atoms with Gasteiger partial charge < -0.3 is 4.52 Å². The average molecular weight is 257 g/mol.